The Morgan fingerprint density at radius 1 is 0.744 bits per heavy atom. The third-order valence-electron chi connectivity index (χ3n) is 6.39. The monoisotopic (exact) mass is 526 g/mol. The van der Waals surface area contributed by atoms with Crippen LogP contribution >= 0.6 is 0 Å². The molecule has 202 valence electrons. The van der Waals surface area contributed by atoms with Crippen molar-refractivity contribution >= 4 is 28.0 Å². The van der Waals surface area contributed by atoms with Crippen LogP contribution in [0.3, 0.4) is 0 Å². The molecule has 39 heavy (non-hydrogen) atoms. The van der Waals surface area contributed by atoms with E-state index in [-0.39, 0.29) is 5.97 Å². The summed E-state index contributed by atoms with van der Waals surface area (Å²) in [6.07, 6.45) is 0.974. The fourth-order valence-corrected chi connectivity index (χ4v) is 4.25. The standard InChI is InChI=1S/C30H34N6O3/c1-35(2)14-5-16-38-23-11-13-25-27(19-23)34-29(32-25)21-8-6-20(7-9-21)28-31-24-12-10-22(18-26(24)33-28)30(37)39-17-15-36(3)4/h6-13,18-19H,5,14-17H2,1-4H3,(H,31,33)(H,32,34). The molecule has 0 amide bonds. The number of aromatic nitrogens is 4. The van der Waals surface area contributed by atoms with E-state index in [0.717, 1.165) is 63.6 Å². The first-order valence-electron chi connectivity index (χ1n) is 13.1. The summed E-state index contributed by atoms with van der Waals surface area (Å²) in [4.78, 5) is 32.7. The van der Waals surface area contributed by atoms with Crippen LogP contribution in [0.25, 0.3) is 44.8 Å². The van der Waals surface area contributed by atoms with Gasteiger partial charge in [0.2, 0.25) is 0 Å². The van der Waals surface area contributed by atoms with Crippen LogP contribution in [0.2, 0.25) is 0 Å². The number of carbonyl (C=O) groups excluding carboxylic acids is 1. The zero-order valence-electron chi connectivity index (χ0n) is 22.8. The van der Waals surface area contributed by atoms with E-state index in [0.29, 0.717) is 25.3 Å². The number of ether oxygens (including phenoxy) is 2. The summed E-state index contributed by atoms with van der Waals surface area (Å²) in [5.41, 5.74) is 5.82. The second-order valence-corrected chi connectivity index (χ2v) is 10.1. The quantitative estimate of drug-likeness (QED) is 0.188. The van der Waals surface area contributed by atoms with E-state index in [9.17, 15) is 4.79 Å². The van der Waals surface area contributed by atoms with Crippen LogP contribution in [-0.2, 0) is 4.74 Å². The van der Waals surface area contributed by atoms with Gasteiger partial charge in [0, 0.05) is 30.3 Å². The molecule has 0 radical (unpaired) electrons. The first-order valence-corrected chi connectivity index (χ1v) is 13.1. The van der Waals surface area contributed by atoms with Gasteiger partial charge in [0.15, 0.2) is 0 Å². The summed E-state index contributed by atoms with van der Waals surface area (Å²) in [7, 11) is 8.00. The SMILES string of the molecule is CN(C)CCCOc1ccc2nc(-c3ccc(-c4nc5ccc(C(=O)OCCN(C)C)cc5[nH]4)cc3)[nH]c2c1. The van der Waals surface area contributed by atoms with Crippen molar-refractivity contribution in [3.8, 4) is 28.5 Å². The van der Waals surface area contributed by atoms with E-state index < -0.39 is 0 Å². The minimum atomic E-state index is -0.340. The molecule has 0 bridgehead atoms. The van der Waals surface area contributed by atoms with Crippen LogP contribution in [0.4, 0.5) is 0 Å². The van der Waals surface area contributed by atoms with Crippen molar-refractivity contribution in [3.05, 3.63) is 66.2 Å². The fourth-order valence-electron chi connectivity index (χ4n) is 4.25. The number of carbonyl (C=O) groups is 1. The molecule has 9 nitrogen and oxygen atoms in total. The molecule has 0 saturated carbocycles. The molecule has 5 aromatic rings. The Bertz CT molecular complexity index is 1570. The number of imidazole rings is 2. The minimum Gasteiger partial charge on any atom is -0.493 e. The lowest BCUT2D eigenvalue weighted by atomic mass is 10.1. The van der Waals surface area contributed by atoms with Crippen molar-refractivity contribution in [2.45, 2.75) is 6.42 Å². The summed E-state index contributed by atoms with van der Waals surface area (Å²) < 4.78 is 11.3. The highest BCUT2D eigenvalue weighted by molar-refractivity contribution is 5.94. The molecule has 0 spiro atoms. The zero-order chi connectivity index (χ0) is 27.4. The molecular weight excluding hydrogens is 492 g/mol. The Balaban J connectivity index is 1.28. The number of nitrogens with one attached hydrogen (secondary N) is 2. The molecule has 0 unspecified atom stereocenters. The maximum atomic E-state index is 12.4. The molecule has 2 heterocycles. The van der Waals surface area contributed by atoms with E-state index >= 15 is 0 Å². The van der Waals surface area contributed by atoms with E-state index in [1.54, 1.807) is 12.1 Å². The molecule has 2 aromatic heterocycles. The molecule has 5 rings (SSSR count). The molecule has 0 aliphatic rings. The summed E-state index contributed by atoms with van der Waals surface area (Å²) in [5, 5.41) is 0. The number of esters is 1. The largest absolute Gasteiger partial charge is 0.493 e. The first kappa shape index (κ1) is 26.4. The second-order valence-electron chi connectivity index (χ2n) is 10.1. The van der Waals surface area contributed by atoms with Crippen molar-refractivity contribution in [3.63, 3.8) is 0 Å². The van der Waals surface area contributed by atoms with Gasteiger partial charge < -0.3 is 29.2 Å². The molecular formula is C30H34N6O3. The maximum absolute atomic E-state index is 12.4. The van der Waals surface area contributed by atoms with E-state index in [2.05, 4.69) is 29.0 Å². The Hall–Kier alpha value is -4.21. The van der Waals surface area contributed by atoms with Crippen molar-refractivity contribution in [1.82, 2.24) is 29.7 Å². The van der Waals surface area contributed by atoms with Crippen LogP contribution in [0.15, 0.2) is 60.7 Å². The van der Waals surface area contributed by atoms with Crippen molar-refractivity contribution in [2.24, 2.45) is 0 Å². The van der Waals surface area contributed by atoms with Crippen molar-refractivity contribution < 1.29 is 14.3 Å². The van der Waals surface area contributed by atoms with Gasteiger partial charge in [0.25, 0.3) is 0 Å². The molecule has 0 aliphatic carbocycles. The Morgan fingerprint density at radius 3 is 1.95 bits per heavy atom. The molecule has 2 N–H and O–H groups in total. The van der Waals surface area contributed by atoms with Gasteiger partial charge in [-0.25, -0.2) is 14.8 Å². The van der Waals surface area contributed by atoms with Crippen molar-refractivity contribution in [2.75, 3.05) is 54.5 Å². The van der Waals surface area contributed by atoms with Crippen LogP contribution in [0.5, 0.6) is 5.75 Å². The molecule has 9 heteroatoms. The smallest absolute Gasteiger partial charge is 0.338 e. The highest BCUT2D eigenvalue weighted by atomic mass is 16.5. The highest BCUT2D eigenvalue weighted by Crippen LogP contribution is 2.27. The first-order chi connectivity index (χ1) is 18.9. The van der Waals surface area contributed by atoms with E-state index in [4.69, 9.17) is 19.4 Å². The van der Waals surface area contributed by atoms with Gasteiger partial charge in [-0.2, -0.15) is 0 Å². The Labute approximate surface area is 227 Å². The number of nitrogens with zero attached hydrogens (tertiary/aromatic N) is 4. The van der Waals surface area contributed by atoms with Gasteiger partial charge in [-0.05, 0) is 64.9 Å². The van der Waals surface area contributed by atoms with Gasteiger partial charge in [0.05, 0.1) is 34.2 Å². The lowest BCUT2D eigenvalue weighted by Crippen LogP contribution is -2.20. The number of likely N-dealkylation sites (N-methyl/N-ethyl adjacent to an activating group) is 1. The lowest BCUT2D eigenvalue weighted by molar-refractivity contribution is 0.0482. The van der Waals surface area contributed by atoms with Gasteiger partial charge >= 0.3 is 5.97 Å². The van der Waals surface area contributed by atoms with Crippen LogP contribution in [0, 0.1) is 0 Å². The topological polar surface area (TPSA) is 99.4 Å². The molecule has 0 aliphatic heterocycles. The summed E-state index contributed by atoms with van der Waals surface area (Å²) in [6.45, 7) is 2.70. The number of hydrogen-bond acceptors (Lipinski definition) is 7. The Kier molecular flexibility index (Phi) is 7.90. The maximum Gasteiger partial charge on any atom is 0.338 e. The number of fused-ring (bicyclic) bond motifs is 2. The fraction of sp³-hybridized carbons (Fsp3) is 0.300. The summed E-state index contributed by atoms with van der Waals surface area (Å²) >= 11 is 0. The van der Waals surface area contributed by atoms with E-state index in [1.807, 2.05) is 67.5 Å². The second kappa shape index (κ2) is 11.7. The molecule has 0 saturated heterocycles. The number of hydrogen-bond donors (Lipinski definition) is 2. The average Bonchev–Trinajstić information content (AvgIpc) is 3.54. The summed E-state index contributed by atoms with van der Waals surface area (Å²) in [5.74, 6) is 2.02. The number of benzene rings is 3. The normalized spacial score (nSPS) is 11.6. The predicted octanol–water partition coefficient (Wildman–Crippen LogP) is 4.82. The van der Waals surface area contributed by atoms with E-state index in [1.165, 1.54) is 0 Å². The predicted molar refractivity (Wildman–Crippen MR) is 154 cm³/mol. The molecule has 0 fully saturated rings. The number of H-pyrrole nitrogens is 2. The molecule has 3 aromatic carbocycles. The lowest BCUT2D eigenvalue weighted by Gasteiger charge is -2.10. The Morgan fingerprint density at radius 2 is 1.33 bits per heavy atom. The van der Waals surface area contributed by atoms with Crippen LogP contribution in [0.1, 0.15) is 16.8 Å². The van der Waals surface area contributed by atoms with Crippen molar-refractivity contribution in [1.29, 1.82) is 0 Å². The van der Waals surface area contributed by atoms with Gasteiger partial charge in [-0.15, -0.1) is 0 Å². The third-order valence-corrected chi connectivity index (χ3v) is 6.39. The number of rotatable bonds is 11. The molecule has 0 atom stereocenters. The number of aromatic amines is 2. The van der Waals surface area contributed by atoms with Crippen LogP contribution in [-0.4, -0.2) is 90.2 Å². The van der Waals surface area contributed by atoms with Gasteiger partial charge in [-0.1, -0.05) is 24.3 Å². The zero-order valence-corrected chi connectivity index (χ0v) is 22.8. The highest BCUT2D eigenvalue weighted by Gasteiger charge is 2.12. The minimum absolute atomic E-state index is 0.340. The summed E-state index contributed by atoms with van der Waals surface area (Å²) in [6, 6.07) is 19.4. The third kappa shape index (κ3) is 6.45. The average molecular weight is 527 g/mol. The van der Waals surface area contributed by atoms with Crippen LogP contribution < -0.4 is 4.74 Å². The van der Waals surface area contributed by atoms with Gasteiger partial charge in [-0.3, -0.25) is 0 Å². The van der Waals surface area contributed by atoms with Gasteiger partial charge in [0.1, 0.15) is 24.0 Å².